The van der Waals surface area contributed by atoms with Crippen molar-refractivity contribution in [2.75, 3.05) is 31.1 Å². The molecule has 0 unspecified atom stereocenters. The van der Waals surface area contributed by atoms with Gasteiger partial charge in [0.2, 0.25) is 41.4 Å². The number of nitrogens with one attached hydrogen (secondary N) is 9. The Hall–Kier alpha value is -9.67. The van der Waals surface area contributed by atoms with Crippen LogP contribution in [-0.2, 0) is 67.1 Å². The van der Waals surface area contributed by atoms with Crippen LogP contribution in [0.25, 0.3) is 5.57 Å². The lowest BCUT2D eigenvalue weighted by molar-refractivity contribution is -0.137. The van der Waals surface area contributed by atoms with Crippen molar-refractivity contribution >= 4 is 98.2 Å². The number of primary amides is 1. The smallest absolute Gasteiger partial charge is 0.407 e. The molecule has 1 aliphatic carbocycles. The lowest BCUT2D eigenvalue weighted by Gasteiger charge is -2.44. The average Bonchev–Trinajstić information content (AvgIpc) is 0.847. The van der Waals surface area contributed by atoms with Gasteiger partial charge in [-0.15, -0.1) is 11.8 Å². The quantitative estimate of drug-likeness (QED) is 0.0114. The van der Waals surface area contributed by atoms with Gasteiger partial charge in [-0.2, -0.15) is 0 Å². The van der Waals surface area contributed by atoms with E-state index < -0.39 is 135 Å². The summed E-state index contributed by atoms with van der Waals surface area (Å²) in [4.78, 5) is 145. The number of ketones is 1. The molecule has 10 amide bonds. The Morgan fingerprint density at radius 2 is 1.15 bits per heavy atom. The number of hydrogen-bond acceptors (Lipinski definition) is 17. The van der Waals surface area contributed by atoms with Crippen LogP contribution in [0.15, 0.2) is 176 Å². The molecule has 0 saturated carbocycles. The molecule has 0 aromatic heterocycles. The number of aromatic hydroxyl groups is 1. The number of thioether (sulfide) groups is 1. The molecule has 588 valence electrons. The number of aliphatic hydroxyl groups is 1. The molecule has 1 heterocycles. The molecule has 0 radical (unpaired) electrons. The molecule has 15 N–H and O–H groups in total. The third-order valence-corrected chi connectivity index (χ3v) is 23.1. The maximum Gasteiger partial charge on any atom is 0.407 e. The molecule has 6 aromatic carbocycles. The Morgan fingerprint density at radius 3 is 1.73 bits per heavy atom. The van der Waals surface area contributed by atoms with Gasteiger partial charge in [-0.1, -0.05) is 198 Å². The summed E-state index contributed by atoms with van der Waals surface area (Å²) in [6.45, 7) is 11.2. The Balaban J connectivity index is 1.11. The van der Waals surface area contributed by atoms with Crippen LogP contribution < -0.4 is 59.3 Å². The largest absolute Gasteiger partial charge is 0.508 e. The Morgan fingerprint density at radius 1 is 0.609 bits per heavy atom. The first kappa shape index (κ1) is 85.9. The Kier molecular flexibility index (Phi) is 32.8. The summed E-state index contributed by atoms with van der Waals surface area (Å²) in [5.74, 6) is -8.43. The number of benzene rings is 6. The number of fused-ring (bicyclic) bond motifs is 1. The summed E-state index contributed by atoms with van der Waals surface area (Å²) in [7, 11) is 2.06. The van der Waals surface area contributed by atoms with E-state index in [1.54, 1.807) is 58.9 Å². The molecular weight excluding hydrogens is 1460 g/mol. The highest BCUT2D eigenvalue weighted by Crippen LogP contribution is 2.54. The van der Waals surface area contributed by atoms with Gasteiger partial charge in [0.25, 0.3) is 0 Å². The predicted molar refractivity (Wildman–Crippen MR) is 432 cm³/mol. The molecule has 9 atom stereocenters. The van der Waals surface area contributed by atoms with Gasteiger partial charge in [-0.05, 0) is 150 Å². The number of Topliss-reactive ketones (excluding diaryl/α,β-unsaturated/α-hetero) is 1. The SMILES string of the molecule is C[C@@H](O)[C@@H]1NC(=O)[C@H](CCCCNC(=O)NCCCCCCNC(=O)OC(C)(C)C)NC(=O)[C@@H](CC2=CCc3ccccc32)NC(=O)[C@H](Cc2ccc(O)cc2)CC(=O)[C@@H](NC(=O)[C@H](N)Cc2ccccc2)CSSC[C@@H](C(=O)N[C@H](C(N)=O)C(C)(C)SC(c2ccccc2)(c2ccccc2)c2ccccc2)NC1=O. The summed E-state index contributed by atoms with van der Waals surface area (Å²) in [5.41, 5.74) is 18.7. The van der Waals surface area contributed by atoms with Gasteiger partial charge in [-0.3, -0.25) is 38.4 Å². The van der Waals surface area contributed by atoms with Crippen LogP contribution in [-0.4, -0.2) is 159 Å². The first-order chi connectivity index (χ1) is 52.6. The highest BCUT2D eigenvalue weighted by Gasteiger charge is 2.48. The predicted octanol–water partition coefficient (Wildman–Crippen LogP) is 8.34. The second kappa shape index (κ2) is 41.9. The lowest BCUT2D eigenvalue weighted by Crippen LogP contribution is -2.63. The number of phenolic OH excluding ortho intramolecular Hbond substituents is 1. The van der Waals surface area contributed by atoms with Crippen LogP contribution in [0.3, 0.4) is 0 Å². The monoisotopic (exact) mass is 1560 g/mol. The molecule has 1 saturated heterocycles. The third-order valence-electron chi connectivity index (χ3n) is 18.9. The number of nitrogens with two attached hydrogens (primary N) is 2. The van der Waals surface area contributed by atoms with Crippen molar-refractivity contribution in [3.8, 4) is 5.75 Å². The fourth-order valence-electron chi connectivity index (χ4n) is 13.2. The van der Waals surface area contributed by atoms with E-state index in [2.05, 4.69) is 47.9 Å². The summed E-state index contributed by atoms with van der Waals surface area (Å²) in [6, 6.07) is 41.0. The zero-order chi connectivity index (χ0) is 79.4. The molecule has 0 bridgehead atoms. The molecule has 0 spiro atoms. The summed E-state index contributed by atoms with van der Waals surface area (Å²) < 4.78 is 2.97. The summed E-state index contributed by atoms with van der Waals surface area (Å²) in [6.07, 6.45) is 3.09. The number of carbonyl (C=O) groups excluding carboxylic acids is 10. The number of phenols is 1. The first-order valence-electron chi connectivity index (χ1n) is 37.4. The van der Waals surface area contributed by atoms with E-state index in [-0.39, 0.29) is 62.3 Å². The Bertz CT molecular complexity index is 4000. The standard InChI is InChI=1S/C83H105N11O13S3/c1-53(95)70-78(104)92-68(77(103)94-71(72(85)98)82(5,6)110-83(59-30-15-10-16-31-59,60-32-17-11-18-33-60)61-34-19-12-20-35-61)52-109-108-51-67(91-74(100)64(84)48-54-27-13-9-14-28-54)69(97)50-58(47-55-38-42-62(96)43-39-55)73(99)90-66(49-57-41-40-56-29-21-22-36-63(56)57)76(102)89-65(75(101)93-70)37-23-26-45-87-79(105)86-44-24-7-8-25-46-88-80(106)107-81(2,3)4/h9-22,27-36,38-39,41-43,53,58,64-68,70-71,95-96H,7-8,23-26,37,40,44-52,84H2,1-6H3,(H2,85,98)(H,88,106)(H,89,102)(H,90,99)(H,91,100)(H,92,104)(H,93,101)(H,94,103)(H2,86,87,105)/t53-,58-,64-,65+,66-,67+,68+,70+,71-/m1/s1. The molecule has 1 aliphatic heterocycles. The van der Waals surface area contributed by atoms with Gasteiger partial charge < -0.3 is 74.3 Å². The van der Waals surface area contributed by atoms with Gasteiger partial charge in [0, 0.05) is 54.6 Å². The Labute approximate surface area is 656 Å². The molecule has 24 nitrogen and oxygen atoms in total. The fourth-order valence-corrected chi connectivity index (χ4v) is 17.4. The van der Waals surface area contributed by atoms with Crippen molar-refractivity contribution in [2.45, 2.75) is 182 Å². The minimum Gasteiger partial charge on any atom is -0.508 e. The third kappa shape index (κ3) is 26.0. The number of aliphatic hydroxyl groups excluding tert-OH is 1. The van der Waals surface area contributed by atoms with Crippen molar-refractivity contribution in [1.82, 2.24) is 47.9 Å². The second-order valence-electron chi connectivity index (χ2n) is 29.2. The number of rotatable bonds is 30. The van der Waals surface area contributed by atoms with Crippen LogP contribution in [0.5, 0.6) is 5.75 Å². The number of urea groups is 1. The van der Waals surface area contributed by atoms with Crippen molar-refractivity contribution < 1.29 is 62.9 Å². The summed E-state index contributed by atoms with van der Waals surface area (Å²) >= 11 is 1.38. The van der Waals surface area contributed by atoms with Gasteiger partial charge in [0.05, 0.1) is 22.9 Å². The maximum absolute atomic E-state index is 15.4. The molecule has 6 aromatic rings. The maximum atomic E-state index is 15.4. The molecule has 8 rings (SSSR count). The lowest BCUT2D eigenvalue weighted by atomic mass is 9.84. The van der Waals surface area contributed by atoms with E-state index >= 15 is 28.8 Å². The van der Waals surface area contributed by atoms with Gasteiger partial charge >= 0.3 is 12.1 Å². The van der Waals surface area contributed by atoms with Crippen LogP contribution in [0.1, 0.15) is 138 Å². The van der Waals surface area contributed by atoms with Gasteiger partial charge in [0.1, 0.15) is 41.6 Å². The van der Waals surface area contributed by atoms with Crippen molar-refractivity contribution in [1.29, 1.82) is 0 Å². The van der Waals surface area contributed by atoms with Crippen molar-refractivity contribution in [2.24, 2.45) is 17.4 Å². The van der Waals surface area contributed by atoms with Crippen LogP contribution >= 0.6 is 33.3 Å². The first-order valence-corrected chi connectivity index (χ1v) is 40.7. The van der Waals surface area contributed by atoms with E-state index in [9.17, 15) is 29.4 Å². The van der Waals surface area contributed by atoms with E-state index in [1.807, 2.05) is 140 Å². The van der Waals surface area contributed by atoms with E-state index in [0.29, 0.717) is 37.1 Å². The van der Waals surface area contributed by atoms with Crippen LogP contribution in [0, 0.1) is 5.92 Å². The minimum absolute atomic E-state index is 0.0545. The number of hydrogen-bond donors (Lipinski definition) is 13. The van der Waals surface area contributed by atoms with Crippen LogP contribution in [0.4, 0.5) is 9.59 Å². The van der Waals surface area contributed by atoms with E-state index in [4.69, 9.17) is 16.2 Å². The second-order valence-corrected chi connectivity index (χ2v) is 33.6. The summed E-state index contributed by atoms with van der Waals surface area (Å²) in [5, 5.41) is 47.3. The number of allylic oxidation sites excluding steroid dienone is 1. The number of alkyl carbamates (subject to hydrolysis) is 1. The van der Waals surface area contributed by atoms with E-state index in [0.717, 1.165) is 74.2 Å². The van der Waals surface area contributed by atoms with Gasteiger partial charge in [-0.25, -0.2) is 9.59 Å². The highest BCUT2D eigenvalue weighted by molar-refractivity contribution is 8.76. The number of ether oxygens (including phenoxy) is 1. The zero-order valence-corrected chi connectivity index (χ0v) is 65.7. The average molecular weight is 1560 g/mol. The topological polar surface area (TPSA) is 381 Å². The van der Waals surface area contributed by atoms with Crippen molar-refractivity contribution in [3.63, 3.8) is 0 Å². The van der Waals surface area contributed by atoms with Gasteiger partial charge in [0.15, 0.2) is 5.78 Å². The number of amides is 10. The molecule has 110 heavy (non-hydrogen) atoms. The van der Waals surface area contributed by atoms with Crippen LogP contribution in [0.2, 0.25) is 0 Å². The number of carbonyl (C=O) groups is 10. The molecule has 1 fully saturated rings. The molecular formula is C83H105N11O13S3. The molecule has 2 aliphatic rings. The zero-order valence-electron chi connectivity index (χ0n) is 63.2. The van der Waals surface area contributed by atoms with E-state index in [1.165, 1.54) is 30.8 Å². The normalized spacial score (nSPS) is 19.2. The fraction of sp³-hybridized carbons (Fsp3) is 0.422. The molecule has 27 heteroatoms. The number of unbranched alkanes of at least 4 members (excludes halogenated alkanes) is 4. The highest BCUT2D eigenvalue weighted by atomic mass is 33.1. The van der Waals surface area contributed by atoms with Crippen molar-refractivity contribution in [3.05, 3.63) is 215 Å². The minimum atomic E-state index is -1.81.